The molecule has 3 aromatic carbocycles. The van der Waals surface area contributed by atoms with E-state index in [4.69, 9.17) is 4.98 Å². The van der Waals surface area contributed by atoms with Gasteiger partial charge in [0.15, 0.2) is 5.82 Å². The number of hydrogen-bond acceptors (Lipinski definition) is 4. The summed E-state index contributed by atoms with van der Waals surface area (Å²) in [7, 11) is 0. The zero-order valence-electron chi connectivity index (χ0n) is 20.9. The average molecular weight is 481 g/mol. The lowest BCUT2D eigenvalue weighted by atomic mass is 9.97. The van der Waals surface area contributed by atoms with Crippen molar-refractivity contribution in [1.29, 1.82) is 0 Å². The molecule has 1 aliphatic rings. The van der Waals surface area contributed by atoms with Gasteiger partial charge < -0.3 is 10.2 Å². The van der Waals surface area contributed by atoms with Gasteiger partial charge in [0.2, 0.25) is 5.91 Å². The van der Waals surface area contributed by atoms with Crippen LogP contribution in [0.4, 0.5) is 5.82 Å². The molecule has 1 saturated heterocycles. The van der Waals surface area contributed by atoms with E-state index in [0.717, 1.165) is 35.0 Å². The minimum atomic E-state index is -0.178. The van der Waals surface area contributed by atoms with Crippen LogP contribution in [0.15, 0.2) is 77.6 Å². The van der Waals surface area contributed by atoms with Crippen LogP contribution in [0, 0.1) is 19.8 Å². The number of aryl methyl sites for hydroxylation is 2. The summed E-state index contributed by atoms with van der Waals surface area (Å²) >= 11 is 0. The molecule has 2 heterocycles. The Morgan fingerprint density at radius 1 is 0.944 bits per heavy atom. The molecule has 6 nitrogen and oxygen atoms in total. The molecular weight excluding hydrogens is 448 g/mol. The van der Waals surface area contributed by atoms with Gasteiger partial charge >= 0.3 is 0 Å². The number of piperidine rings is 1. The van der Waals surface area contributed by atoms with Gasteiger partial charge in [-0.3, -0.25) is 14.2 Å². The highest BCUT2D eigenvalue weighted by molar-refractivity contribution is 5.80. The van der Waals surface area contributed by atoms with Crippen molar-refractivity contribution in [1.82, 2.24) is 14.9 Å². The van der Waals surface area contributed by atoms with Gasteiger partial charge in [-0.1, -0.05) is 71.8 Å². The molecule has 5 rings (SSSR count). The van der Waals surface area contributed by atoms with Crippen molar-refractivity contribution in [2.45, 2.75) is 39.8 Å². The van der Waals surface area contributed by atoms with Crippen LogP contribution in [-0.4, -0.2) is 28.5 Å². The van der Waals surface area contributed by atoms with Crippen molar-refractivity contribution in [3.05, 3.63) is 105 Å². The molecule has 1 N–H and O–H groups in total. The summed E-state index contributed by atoms with van der Waals surface area (Å²) in [6.07, 6.45) is 1.65. The molecule has 0 radical (unpaired) electrons. The second-order valence-corrected chi connectivity index (χ2v) is 9.79. The number of nitrogens with one attached hydrogen (secondary N) is 1. The van der Waals surface area contributed by atoms with E-state index >= 15 is 0 Å². The third-order valence-electron chi connectivity index (χ3n) is 6.98. The second-order valence-electron chi connectivity index (χ2n) is 9.79. The first-order valence-corrected chi connectivity index (χ1v) is 12.6. The van der Waals surface area contributed by atoms with Crippen molar-refractivity contribution in [3.8, 4) is 0 Å². The van der Waals surface area contributed by atoms with E-state index in [1.165, 1.54) is 11.1 Å². The minimum absolute atomic E-state index is 0.0287. The van der Waals surface area contributed by atoms with Crippen molar-refractivity contribution in [3.63, 3.8) is 0 Å². The molecule has 184 valence electrons. The summed E-state index contributed by atoms with van der Waals surface area (Å²) in [5.74, 6) is 0.278. The number of nitrogens with zero attached hydrogens (tertiary/aromatic N) is 3. The van der Waals surface area contributed by atoms with Gasteiger partial charge in [-0.15, -0.1) is 0 Å². The third-order valence-corrected chi connectivity index (χ3v) is 6.98. The number of anilines is 1. The maximum Gasteiger partial charge on any atom is 0.294 e. The van der Waals surface area contributed by atoms with Crippen LogP contribution in [0.3, 0.4) is 0 Å². The Bertz CT molecular complexity index is 1420. The van der Waals surface area contributed by atoms with E-state index < -0.39 is 0 Å². The Kier molecular flexibility index (Phi) is 6.85. The molecule has 0 spiro atoms. The Morgan fingerprint density at radius 2 is 1.61 bits per heavy atom. The lowest BCUT2D eigenvalue weighted by Gasteiger charge is -2.32. The van der Waals surface area contributed by atoms with Gasteiger partial charge in [0.05, 0.1) is 23.5 Å². The Balaban J connectivity index is 1.38. The summed E-state index contributed by atoms with van der Waals surface area (Å²) in [4.78, 5) is 33.5. The monoisotopic (exact) mass is 480 g/mol. The normalized spacial score (nSPS) is 15.7. The van der Waals surface area contributed by atoms with Crippen LogP contribution in [0.25, 0.3) is 11.0 Å². The first-order valence-electron chi connectivity index (χ1n) is 12.6. The molecule has 1 aromatic heterocycles. The smallest absolute Gasteiger partial charge is 0.294 e. The molecule has 36 heavy (non-hydrogen) atoms. The Morgan fingerprint density at radius 3 is 2.33 bits per heavy atom. The second kappa shape index (κ2) is 10.4. The predicted octanol–water partition coefficient (Wildman–Crippen LogP) is 4.59. The highest BCUT2D eigenvalue weighted by Gasteiger charge is 2.28. The maximum atomic E-state index is 13.7. The molecule has 1 amide bonds. The van der Waals surface area contributed by atoms with Crippen LogP contribution in [0.2, 0.25) is 0 Å². The van der Waals surface area contributed by atoms with Gasteiger partial charge in [-0.2, -0.15) is 0 Å². The van der Waals surface area contributed by atoms with E-state index in [1.54, 1.807) is 0 Å². The fourth-order valence-electron chi connectivity index (χ4n) is 4.84. The Labute approximate surface area is 211 Å². The summed E-state index contributed by atoms with van der Waals surface area (Å²) in [6, 6.07) is 24.2. The molecular formula is C30H32N4O2. The summed E-state index contributed by atoms with van der Waals surface area (Å²) in [6.45, 7) is 6.29. The van der Waals surface area contributed by atoms with Gasteiger partial charge in [0.1, 0.15) is 0 Å². The van der Waals surface area contributed by atoms with E-state index in [9.17, 15) is 9.59 Å². The lowest BCUT2D eigenvalue weighted by Crippen LogP contribution is -2.45. The van der Waals surface area contributed by atoms with E-state index in [1.807, 2.05) is 45.9 Å². The third kappa shape index (κ3) is 5.18. The van der Waals surface area contributed by atoms with Gasteiger partial charge in [-0.25, -0.2) is 4.98 Å². The number of carbonyl (C=O) groups is 1. The number of rotatable bonds is 6. The zero-order valence-corrected chi connectivity index (χ0v) is 20.9. The standard InChI is InChI=1S/C30H32N4O2/c1-21-9-13-23(14-10-21)18-31-29(35)25-6-5-17-33(20-25)28-30(36)34(19-24-15-11-22(2)12-16-24)27-8-4-3-7-26(27)32-28/h3-4,7-16,25H,5-6,17-20H2,1-2H3,(H,31,35)/t25-/m1/s1. The van der Waals surface area contributed by atoms with E-state index in [-0.39, 0.29) is 17.4 Å². The molecule has 0 bridgehead atoms. The van der Waals surface area contributed by atoms with E-state index in [0.29, 0.717) is 32.0 Å². The SMILES string of the molecule is Cc1ccc(CNC(=O)[C@@H]2CCCN(c3nc4ccccc4n(Cc4ccc(C)cc4)c3=O)C2)cc1. The summed E-state index contributed by atoms with van der Waals surface area (Å²) in [5, 5.41) is 3.08. The summed E-state index contributed by atoms with van der Waals surface area (Å²) in [5.41, 5.74) is 6.01. The topological polar surface area (TPSA) is 67.2 Å². The van der Waals surface area contributed by atoms with Crippen LogP contribution in [-0.2, 0) is 17.9 Å². The predicted molar refractivity (Wildman–Crippen MR) is 144 cm³/mol. The van der Waals surface area contributed by atoms with Crippen molar-refractivity contribution < 1.29 is 4.79 Å². The maximum absolute atomic E-state index is 13.7. The van der Waals surface area contributed by atoms with Crippen molar-refractivity contribution in [2.24, 2.45) is 5.92 Å². The zero-order chi connectivity index (χ0) is 25.1. The number of hydrogen-bond donors (Lipinski definition) is 1. The number of benzene rings is 3. The number of amides is 1. The molecule has 0 aliphatic carbocycles. The van der Waals surface area contributed by atoms with Gasteiger partial charge in [0.25, 0.3) is 5.56 Å². The van der Waals surface area contributed by atoms with Crippen molar-refractivity contribution >= 4 is 22.8 Å². The van der Waals surface area contributed by atoms with Crippen molar-refractivity contribution in [2.75, 3.05) is 18.0 Å². The molecule has 1 atom stereocenters. The fraction of sp³-hybridized carbons (Fsp3) is 0.300. The lowest BCUT2D eigenvalue weighted by molar-refractivity contribution is -0.125. The number of fused-ring (bicyclic) bond motifs is 1. The molecule has 6 heteroatoms. The number of carbonyl (C=O) groups excluding carboxylic acids is 1. The number of para-hydroxylation sites is 2. The largest absolute Gasteiger partial charge is 0.352 e. The van der Waals surface area contributed by atoms with Crippen LogP contribution < -0.4 is 15.8 Å². The fourth-order valence-corrected chi connectivity index (χ4v) is 4.84. The molecule has 4 aromatic rings. The first kappa shape index (κ1) is 23.8. The number of aromatic nitrogens is 2. The van der Waals surface area contributed by atoms with E-state index in [2.05, 4.69) is 55.6 Å². The van der Waals surface area contributed by atoms with Gasteiger partial charge in [-0.05, 0) is 49.9 Å². The van der Waals surface area contributed by atoms with Crippen LogP contribution in [0.1, 0.15) is 35.1 Å². The highest BCUT2D eigenvalue weighted by atomic mass is 16.2. The van der Waals surface area contributed by atoms with Crippen LogP contribution in [0.5, 0.6) is 0 Å². The summed E-state index contributed by atoms with van der Waals surface area (Å²) < 4.78 is 1.81. The molecule has 0 saturated carbocycles. The molecule has 1 fully saturated rings. The molecule has 1 aliphatic heterocycles. The molecule has 0 unspecified atom stereocenters. The minimum Gasteiger partial charge on any atom is -0.352 e. The first-order chi connectivity index (χ1) is 17.5. The quantitative estimate of drug-likeness (QED) is 0.438. The average Bonchev–Trinajstić information content (AvgIpc) is 2.91. The van der Waals surface area contributed by atoms with Gasteiger partial charge in [0, 0.05) is 19.6 Å². The Hall–Kier alpha value is -3.93. The highest BCUT2D eigenvalue weighted by Crippen LogP contribution is 2.22. The van der Waals surface area contributed by atoms with Crippen LogP contribution >= 0.6 is 0 Å².